The molecule has 0 aliphatic carbocycles. The summed E-state index contributed by atoms with van der Waals surface area (Å²) in [5.41, 5.74) is 0.934. The second kappa shape index (κ2) is 10.8. The van der Waals surface area contributed by atoms with Gasteiger partial charge in [-0.1, -0.05) is 12.1 Å². The third-order valence-corrected chi connectivity index (χ3v) is 8.60. The molecule has 0 saturated carbocycles. The van der Waals surface area contributed by atoms with E-state index in [9.17, 15) is 18.0 Å². The summed E-state index contributed by atoms with van der Waals surface area (Å²) in [5, 5.41) is 0. The van der Waals surface area contributed by atoms with E-state index in [4.69, 9.17) is 4.74 Å². The highest BCUT2D eigenvalue weighted by molar-refractivity contribution is 7.89. The fraction of sp³-hybridized carbons (Fsp3) is 0.652. The maximum absolute atomic E-state index is 12.7. The smallest absolute Gasteiger partial charge is 0.320 e. The van der Waals surface area contributed by atoms with E-state index in [1.807, 2.05) is 14.7 Å². The number of nitrogens with zero attached hydrogens (tertiary/aromatic N) is 4. The molecule has 3 aliphatic rings. The lowest BCUT2D eigenvalue weighted by atomic mass is 10.1. The number of amides is 3. The number of rotatable bonds is 5. The first kappa shape index (κ1) is 24.0. The molecule has 4 rings (SSSR count). The Balaban J connectivity index is 1.23. The largest absolute Gasteiger partial charge is 0.379 e. The zero-order chi connectivity index (χ0) is 23.3. The van der Waals surface area contributed by atoms with Crippen molar-refractivity contribution in [3.63, 3.8) is 0 Å². The number of benzene rings is 1. The summed E-state index contributed by atoms with van der Waals surface area (Å²) in [6, 6.07) is 6.92. The van der Waals surface area contributed by atoms with Crippen LogP contribution in [-0.2, 0) is 26.0 Å². The van der Waals surface area contributed by atoms with Gasteiger partial charge < -0.3 is 19.4 Å². The minimum atomic E-state index is -3.51. The van der Waals surface area contributed by atoms with Crippen molar-refractivity contribution in [3.8, 4) is 0 Å². The first-order chi connectivity index (χ1) is 15.9. The van der Waals surface area contributed by atoms with Gasteiger partial charge in [-0.25, -0.2) is 13.2 Å². The van der Waals surface area contributed by atoms with E-state index in [2.05, 4.69) is 0 Å². The number of hydrogen-bond donors (Lipinski definition) is 0. The Labute approximate surface area is 196 Å². The lowest BCUT2D eigenvalue weighted by Gasteiger charge is -2.38. The van der Waals surface area contributed by atoms with E-state index in [-0.39, 0.29) is 16.8 Å². The van der Waals surface area contributed by atoms with Gasteiger partial charge in [-0.3, -0.25) is 4.79 Å². The van der Waals surface area contributed by atoms with Gasteiger partial charge >= 0.3 is 6.03 Å². The Morgan fingerprint density at radius 2 is 1.33 bits per heavy atom. The van der Waals surface area contributed by atoms with Crippen LogP contribution in [-0.4, -0.2) is 105 Å². The third-order valence-electron chi connectivity index (χ3n) is 6.69. The van der Waals surface area contributed by atoms with E-state index < -0.39 is 10.0 Å². The highest BCUT2D eigenvalue weighted by Crippen LogP contribution is 2.19. The van der Waals surface area contributed by atoms with Crippen molar-refractivity contribution >= 4 is 22.0 Å². The van der Waals surface area contributed by atoms with Gasteiger partial charge in [0.1, 0.15) is 0 Å². The number of carbonyl (C=O) groups is 2. The normalized spacial score (nSPS) is 20.7. The molecular formula is C23H34N4O5S. The average Bonchev–Trinajstić information content (AvgIpc) is 2.88. The molecule has 3 aliphatic heterocycles. The van der Waals surface area contributed by atoms with Crippen molar-refractivity contribution < 1.29 is 22.7 Å². The molecular weight excluding hydrogens is 444 g/mol. The zero-order valence-electron chi connectivity index (χ0n) is 19.2. The lowest BCUT2D eigenvalue weighted by molar-refractivity contribution is -0.132. The topological polar surface area (TPSA) is 90.5 Å². The van der Waals surface area contributed by atoms with Crippen molar-refractivity contribution in [1.82, 2.24) is 19.0 Å². The summed E-state index contributed by atoms with van der Waals surface area (Å²) in [6.45, 7) is 5.54. The van der Waals surface area contributed by atoms with Crippen LogP contribution in [0.3, 0.4) is 0 Å². The van der Waals surface area contributed by atoms with Crippen LogP contribution in [0, 0.1) is 0 Å². The number of urea groups is 1. The molecule has 182 valence electrons. The van der Waals surface area contributed by atoms with Gasteiger partial charge in [-0.15, -0.1) is 0 Å². The minimum Gasteiger partial charge on any atom is -0.379 e. The molecule has 0 spiro atoms. The van der Waals surface area contributed by atoms with Gasteiger partial charge in [-0.05, 0) is 43.4 Å². The number of morpholine rings is 1. The average molecular weight is 479 g/mol. The quantitative estimate of drug-likeness (QED) is 0.638. The Bertz CT molecular complexity index is 917. The summed E-state index contributed by atoms with van der Waals surface area (Å²) in [5.74, 6) is 0.0742. The molecule has 0 bridgehead atoms. The van der Waals surface area contributed by atoms with Crippen molar-refractivity contribution in [1.29, 1.82) is 0 Å². The fourth-order valence-electron chi connectivity index (χ4n) is 4.61. The summed E-state index contributed by atoms with van der Waals surface area (Å²) in [6.07, 6.45) is 4.27. The predicted molar refractivity (Wildman–Crippen MR) is 123 cm³/mol. The minimum absolute atomic E-state index is 0.0742. The monoisotopic (exact) mass is 478 g/mol. The Morgan fingerprint density at radius 1 is 0.758 bits per heavy atom. The van der Waals surface area contributed by atoms with E-state index in [1.54, 1.807) is 24.3 Å². The van der Waals surface area contributed by atoms with E-state index in [0.29, 0.717) is 65.3 Å². The fourth-order valence-corrected chi connectivity index (χ4v) is 6.01. The van der Waals surface area contributed by atoms with E-state index in [0.717, 1.165) is 31.5 Å². The van der Waals surface area contributed by atoms with Gasteiger partial charge in [0.25, 0.3) is 0 Å². The molecule has 0 unspecified atom stereocenters. The van der Waals surface area contributed by atoms with E-state index >= 15 is 0 Å². The van der Waals surface area contributed by atoms with Crippen LogP contribution in [0.15, 0.2) is 29.2 Å². The van der Waals surface area contributed by atoms with Crippen LogP contribution in [0.4, 0.5) is 4.79 Å². The molecule has 0 N–H and O–H groups in total. The molecule has 1 aromatic carbocycles. The number of likely N-dealkylation sites (tertiary alicyclic amines) is 1. The molecule has 10 heteroatoms. The molecule has 9 nitrogen and oxygen atoms in total. The van der Waals surface area contributed by atoms with Crippen molar-refractivity contribution in [2.45, 2.75) is 37.0 Å². The number of aryl methyl sites for hydroxylation is 1. The van der Waals surface area contributed by atoms with Crippen molar-refractivity contribution in [2.75, 3.05) is 65.6 Å². The standard InChI is InChI=1S/C23H34N4O5S/c28-22(24-12-14-26(15-13-24)23(29)25-10-2-1-3-11-25)9-6-20-4-7-21(8-5-20)33(30,31)27-16-18-32-19-17-27/h4-5,7-8H,1-3,6,9-19H2. The van der Waals surface area contributed by atoms with Crippen LogP contribution in [0.5, 0.6) is 0 Å². The van der Waals surface area contributed by atoms with Crippen LogP contribution in [0.2, 0.25) is 0 Å². The maximum atomic E-state index is 12.7. The van der Waals surface area contributed by atoms with Crippen molar-refractivity contribution in [2.24, 2.45) is 0 Å². The Hall–Kier alpha value is -2.17. The summed E-state index contributed by atoms with van der Waals surface area (Å²) < 4.78 is 32.1. The molecule has 0 aromatic heterocycles. The van der Waals surface area contributed by atoms with Gasteiger partial charge in [0.05, 0.1) is 18.1 Å². The second-order valence-corrected chi connectivity index (χ2v) is 10.8. The number of piperidine rings is 1. The molecule has 3 fully saturated rings. The molecule has 3 amide bonds. The maximum Gasteiger partial charge on any atom is 0.320 e. The van der Waals surface area contributed by atoms with Gasteiger partial charge in [0.2, 0.25) is 15.9 Å². The summed E-state index contributed by atoms with van der Waals surface area (Å²) in [4.78, 5) is 31.2. The first-order valence-corrected chi connectivity index (χ1v) is 13.4. The Morgan fingerprint density at radius 3 is 1.97 bits per heavy atom. The van der Waals surface area contributed by atoms with E-state index in [1.165, 1.54) is 10.7 Å². The van der Waals surface area contributed by atoms with Crippen LogP contribution in [0.1, 0.15) is 31.2 Å². The van der Waals surface area contributed by atoms with Crippen LogP contribution >= 0.6 is 0 Å². The number of hydrogen-bond acceptors (Lipinski definition) is 5. The lowest BCUT2D eigenvalue weighted by Crippen LogP contribution is -2.54. The number of piperazine rings is 1. The predicted octanol–water partition coefficient (Wildman–Crippen LogP) is 1.39. The number of ether oxygens (including phenoxy) is 1. The second-order valence-electron chi connectivity index (χ2n) is 8.86. The van der Waals surface area contributed by atoms with Crippen LogP contribution < -0.4 is 0 Å². The van der Waals surface area contributed by atoms with Gasteiger partial charge in [0, 0.05) is 58.8 Å². The molecule has 0 radical (unpaired) electrons. The number of carbonyl (C=O) groups excluding carboxylic acids is 2. The summed E-state index contributed by atoms with van der Waals surface area (Å²) >= 11 is 0. The number of sulfonamides is 1. The molecule has 3 saturated heterocycles. The highest BCUT2D eigenvalue weighted by atomic mass is 32.2. The molecule has 3 heterocycles. The van der Waals surface area contributed by atoms with Gasteiger partial charge in [-0.2, -0.15) is 4.31 Å². The first-order valence-electron chi connectivity index (χ1n) is 11.9. The third kappa shape index (κ3) is 5.85. The zero-order valence-corrected chi connectivity index (χ0v) is 20.0. The Kier molecular flexibility index (Phi) is 7.87. The molecule has 1 aromatic rings. The summed E-state index contributed by atoms with van der Waals surface area (Å²) in [7, 11) is -3.51. The van der Waals surface area contributed by atoms with Gasteiger partial charge in [0.15, 0.2) is 0 Å². The van der Waals surface area contributed by atoms with Crippen molar-refractivity contribution in [3.05, 3.63) is 29.8 Å². The van der Waals surface area contributed by atoms with Crippen LogP contribution in [0.25, 0.3) is 0 Å². The molecule has 33 heavy (non-hydrogen) atoms. The SMILES string of the molecule is O=C(CCc1ccc(S(=O)(=O)N2CCOCC2)cc1)N1CCN(C(=O)N2CCCCC2)CC1. The highest BCUT2D eigenvalue weighted by Gasteiger charge is 2.28. The molecule has 0 atom stereocenters.